The monoisotopic (exact) mass is 383 g/mol. The van der Waals surface area contributed by atoms with E-state index in [9.17, 15) is 9.59 Å². The van der Waals surface area contributed by atoms with E-state index >= 15 is 0 Å². The molecule has 0 spiro atoms. The fraction of sp³-hybridized carbons (Fsp3) is 0.0909. The zero-order valence-corrected chi connectivity index (χ0v) is 15.4. The van der Waals surface area contributed by atoms with E-state index in [1.807, 2.05) is 36.4 Å². The van der Waals surface area contributed by atoms with Crippen LogP contribution in [0.5, 0.6) is 0 Å². The molecule has 4 rings (SSSR count). The zero-order valence-electron chi connectivity index (χ0n) is 15.4. The normalized spacial score (nSPS) is 10.6. The Balaban J connectivity index is 1.58. The van der Waals surface area contributed by atoms with Crippen molar-refractivity contribution in [3.8, 4) is 23.6 Å². The number of aromatic amines is 1. The maximum atomic E-state index is 12.6. The number of fused-ring (bicyclic) bond motifs is 1. The maximum absolute atomic E-state index is 12.6. The molecule has 0 aliphatic heterocycles. The number of terminal acetylenes is 1. The second kappa shape index (κ2) is 7.82. The van der Waals surface area contributed by atoms with Gasteiger partial charge in [-0.15, -0.1) is 6.42 Å². The Hall–Kier alpha value is -4.18. The number of hydrogen-bond acceptors (Lipinski definition) is 4. The van der Waals surface area contributed by atoms with Crippen molar-refractivity contribution >= 4 is 16.7 Å². The number of amides is 1. The van der Waals surface area contributed by atoms with Gasteiger partial charge in [-0.05, 0) is 12.1 Å². The molecule has 0 fully saturated rings. The van der Waals surface area contributed by atoms with E-state index in [-0.39, 0.29) is 24.6 Å². The topological polar surface area (TPSA) is 92.7 Å². The zero-order chi connectivity index (χ0) is 20.2. The molecule has 7 heteroatoms. The van der Waals surface area contributed by atoms with Crippen LogP contribution in [0.4, 0.5) is 0 Å². The van der Waals surface area contributed by atoms with Crippen molar-refractivity contribution in [1.29, 1.82) is 0 Å². The number of nitrogens with one attached hydrogen (secondary N) is 2. The quantitative estimate of drug-likeness (QED) is 0.518. The summed E-state index contributed by atoms with van der Waals surface area (Å²) < 4.78 is 1.23. The van der Waals surface area contributed by atoms with Crippen LogP contribution in [0.15, 0.2) is 65.5 Å². The van der Waals surface area contributed by atoms with Crippen LogP contribution >= 0.6 is 0 Å². The van der Waals surface area contributed by atoms with Crippen LogP contribution in [0.3, 0.4) is 0 Å². The minimum Gasteiger partial charge on any atom is -0.345 e. The third-order valence-electron chi connectivity index (χ3n) is 4.49. The summed E-state index contributed by atoms with van der Waals surface area (Å²) in [5.41, 5.74) is 2.24. The molecule has 1 amide bonds. The number of hydrogen-bond donors (Lipinski definition) is 2. The Morgan fingerprint density at radius 1 is 1.10 bits per heavy atom. The number of carbonyl (C=O) groups is 1. The standard InChI is InChI=1S/C22H17N5O2/c1-2-12-27-22(29)17-11-7-6-10-16(17)20(26-27)14-23-21(28)19-13-18(24-25-19)15-8-4-3-5-9-15/h1,3-11,13H,12,14H2,(H,23,28)(H,24,25). The van der Waals surface area contributed by atoms with Gasteiger partial charge >= 0.3 is 0 Å². The Labute approximate surface area is 166 Å². The molecule has 29 heavy (non-hydrogen) atoms. The smallest absolute Gasteiger partial charge is 0.275 e. The summed E-state index contributed by atoms with van der Waals surface area (Å²) in [6.07, 6.45) is 5.34. The highest BCUT2D eigenvalue weighted by molar-refractivity contribution is 5.93. The van der Waals surface area contributed by atoms with E-state index in [4.69, 9.17) is 6.42 Å². The van der Waals surface area contributed by atoms with Gasteiger partial charge in [0.2, 0.25) is 0 Å². The van der Waals surface area contributed by atoms with Gasteiger partial charge in [-0.3, -0.25) is 14.7 Å². The van der Waals surface area contributed by atoms with Gasteiger partial charge in [-0.1, -0.05) is 54.5 Å². The molecule has 2 aromatic heterocycles. The minimum atomic E-state index is -0.319. The molecule has 0 radical (unpaired) electrons. The molecule has 0 atom stereocenters. The second-order valence-corrected chi connectivity index (χ2v) is 6.37. The summed E-state index contributed by atoms with van der Waals surface area (Å²) in [5, 5.41) is 15.3. The van der Waals surface area contributed by atoms with Crippen molar-refractivity contribution < 1.29 is 4.79 Å². The lowest BCUT2D eigenvalue weighted by molar-refractivity contribution is 0.0945. The Morgan fingerprint density at radius 3 is 2.59 bits per heavy atom. The van der Waals surface area contributed by atoms with Crippen LogP contribution in [0.25, 0.3) is 22.0 Å². The highest BCUT2D eigenvalue weighted by Crippen LogP contribution is 2.17. The highest BCUT2D eigenvalue weighted by atomic mass is 16.2. The van der Waals surface area contributed by atoms with Gasteiger partial charge < -0.3 is 5.32 Å². The predicted molar refractivity (Wildman–Crippen MR) is 110 cm³/mol. The molecule has 2 aromatic carbocycles. The number of aromatic nitrogens is 4. The molecular weight excluding hydrogens is 366 g/mol. The van der Waals surface area contributed by atoms with Crippen LogP contribution in [0.1, 0.15) is 16.2 Å². The molecule has 0 aliphatic rings. The number of carbonyl (C=O) groups excluding carboxylic acids is 1. The van der Waals surface area contributed by atoms with E-state index in [0.29, 0.717) is 27.9 Å². The van der Waals surface area contributed by atoms with Gasteiger partial charge in [0.1, 0.15) is 12.2 Å². The van der Waals surface area contributed by atoms with Gasteiger partial charge in [-0.2, -0.15) is 10.2 Å². The van der Waals surface area contributed by atoms with Gasteiger partial charge in [0, 0.05) is 10.9 Å². The van der Waals surface area contributed by atoms with Crippen molar-refractivity contribution in [3.05, 3.63) is 82.4 Å². The number of H-pyrrole nitrogens is 1. The Morgan fingerprint density at radius 2 is 1.83 bits per heavy atom. The molecular formula is C22H17N5O2. The van der Waals surface area contributed by atoms with Gasteiger partial charge in [0.05, 0.1) is 23.3 Å². The van der Waals surface area contributed by atoms with Crippen molar-refractivity contribution in [2.45, 2.75) is 13.1 Å². The lowest BCUT2D eigenvalue weighted by Gasteiger charge is -2.10. The first-order valence-electron chi connectivity index (χ1n) is 8.98. The lowest BCUT2D eigenvalue weighted by atomic mass is 10.1. The third kappa shape index (κ3) is 3.64. The molecule has 0 saturated carbocycles. The second-order valence-electron chi connectivity index (χ2n) is 6.37. The summed E-state index contributed by atoms with van der Waals surface area (Å²) in [5.74, 6) is 2.11. The average Bonchev–Trinajstić information content (AvgIpc) is 3.26. The molecule has 0 unspecified atom stereocenters. The number of benzene rings is 2. The van der Waals surface area contributed by atoms with Crippen molar-refractivity contribution in [2.75, 3.05) is 0 Å². The molecule has 0 aliphatic carbocycles. The minimum absolute atomic E-state index is 0.0611. The Bertz CT molecular complexity index is 1280. The van der Waals surface area contributed by atoms with Crippen LogP contribution in [-0.2, 0) is 13.1 Å². The van der Waals surface area contributed by atoms with Crippen molar-refractivity contribution in [1.82, 2.24) is 25.3 Å². The van der Waals surface area contributed by atoms with Crippen molar-refractivity contribution in [3.63, 3.8) is 0 Å². The summed E-state index contributed by atoms with van der Waals surface area (Å²) in [6.45, 7) is 0.204. The van der Waals surface area contributed by atoms with Crippen LogP contribution < -0.4 is 10.9 Å². The summed E-state index contributed by atoms with van der Waals surface area (Å²) >= 11 is 0. The molecule has 0 saturated heterocycles. The molecule has 2 N–H and O–H groups in total. The molecule has 0 bridgehead atoms. The summed E-state index contributed by atoms with van der Waals surface area (Å²) in [6, 6.07) is 18.4. The van der Waals surface area contributed by atoms with Gasteiger partial charge in [0.15, 0.2) is 0 Å². The van der Waals surface area contributed by atoms with Crippen molar-refractivity contribution in [2.24, 2.45) is 0 Å². The fourth-order valence-electron chi connectivity index (χ4n) is 3.08. The molecule has 4 aromatic rings. The maximum Gasteiger partial charge on any atom is 0.275 e. The third-order valence-corrected chi connectivity index (χ3v) is 4.49. The first-order chi connectivity index (χ1) is 14.2. The number of rotatable bonds is 5. The SMILES string of the molecule is C#CCn1nc(CNC(=O)c2cc(-c3ccccc3)n[nH]2)c2ccccc2c1=O. The van der Waals surface area contributed by atoms with E-state index in [1.54, 1.807) is 24.3 Å². The van der Waals surface area contributed by atoms with E-state index < -0.39 is 0 Å². The highest BCUT2D eigenvalue weighted by Gasteiger charge is 2.14. The van der Waals surface area contributed by atoms with E-state index in [2.05, 4.69) is 26.5 Å². The fourth-order valence-corrected chi connectivity index (χ4v) is 3.08. The predicted octanol–water partition coefficient (Wildman–Crippen LogP) is 2.35. The molecule has 2 heterocycles. The van der Waals surface area contributed by atoms with Gasteiger partial charge in [0.25, 0.3) is 11.5 Å². The van der Waals surface area contributed by atoms with E-state index in [1.165, 1.54) is 4.68 Å². The largest absolute Gasteiger partial charge is 0.345 e. The van der Waals surface area contributed by atoms with Gasteiger partial charge in [-0.25, -0.2) is 4.68 Å². The van der Waals surface area contributed by atoms with Crippen LogP contribution in [-0.4, -0.2) is 25.9 Å². The Kier molecular flexibility index (Phi) is 4.91. The average molecular weight is 383 g/mol. The van der Waals surface area contributed by atoms with E-state index in [0.717, 1.165) is 5.56 Å². The van der Waals surface area contributed by atoms with Crippen LogP contribution in [0, 0.1) is 12.3 Å². The van der Waals surface area contributed by atoms with Crippen LogP contribution in [0.2, 0.25) is 0 Å². The first-order valence-corrected chi connectivity index (χ1v) is 8.98. The first kappa shape index (κ1) is 18.2. The summed E-state index contributed by atoms with van der Waals surface area (Å²) in [7, 11) is 0. The molecule has 142 valence electrons. The summed E-state index contributed by atoms with van der Waals surface area (Å²) in [4.78, 5) is 25.0. The lowest BCUT2D eigenvalue weighted by Crippen LogP contribution is -2.28. The number of nitrogens with zero attached hydrogens (tertiary/aromatic N) is 3. The molecule has 7 nitrogen and oxygen atoms in total.